The number of amides is 1. The van der Waals surface area contributed by atoms with Crippen molar-refractivity contribution < 1.29 is 4.79 Å². The number of piperidine rings is 1. The van der Waals surface area contributed by atoms with Crippen LogP contribution in [0.4, 0.5) is 0 Å². The van der Waals surface area contributed by atoms with Crippen LogP contribution in [-0.2, 0) is 4.79 Å². The van der Waals surface area contributed by atoms with E-state index in [1.54, 1.807) is 11.3 Å². The van der Waals surface area contributed by atoms with Crippen molar-refractivity contribution in [2.24, 2.45) is 5.92 Å². The second-order valence-corrected chi connectivity index (χ2v) is 6.24. The number of nitrogens with one attached hydrogen (secondary N) is 2. The molecule has 2 heterocycles. The highest BCUT2D eigenvalue weighted by molar-refractivity contribution is 7.09. The molecule has 1 aliphatic heterocycles. The summed E-state index contributed by atoms with van der Waals surface area (Å²) in [5.41, 5.74) is 1.02. The number of aromatic nitrogens is 1. The number of nitrogens with zero attached hydrogens (tertiary/aromatic N) is 1. The van der Waals surface area contributed by atoms with Gasteiger partial charge in [-0.15, -0.1) is 11.3 Å². The minimum atomic E-state index is 0.0271. The third-order valence-corrected chi connectivity index (χ3v) is 4.77. The Morgan fingerprint density at radius 3 is 2.95 bits per heavy atom. The predicted octanol–water partition coefficient (Wildman–Crippen LogP) is 2.41. The van der Waals surface area contributed by atoms with E-state index in [4.69, 9.17) is 0 Å². The fourth-order valence-electron chi connectivity index (χ4n) is 2.45. The maximum atomic E-state index is 11.9. The largest absolute Gasteiger partial charge is 0.347 e. The number of thiazole rings is 1. The zero-order valence-electron chi connectivity index (χ0n) is 11.7. The van der Waals surface area contributed by atoms with Gasteiger partial charge in [-0.05, 0) is 52.1 Å². The van der Waals surface area contributed by atoms with E-state index < -0.39 is 0 Å². The number of carbonyl (C=O) groups is 1. The summed E-state index contributed by atoms with van der Waals surface area (Å²) >= 11 is 1.61. The average molecular weight is 281 g/mol. The quantitative estimate of drug-likeness (QED) is 0.871. The Hall–Kier alpha value is -0.940. The molecule has 19 heavy (non-hydrogen) atoms. The third-order valence-electron chi connectivity index (χ3n) is 3.62. The van der Waals surface area contributed by atoms with E-state index in [1.165, 1.54) is 12.8 Å². The summed E-state index contributed by atoms with van der Waals surface area (Å²) in [6, 6.07) is 0.0271. The van der Waals surface area contributed by atoms with Gasteiger partial charge in [-0.2, -0.15) is 0 Å². The Morgan fingerprint density at radius 2 is 2.32 bits per heavy atom. The van der Waals surface area contributed by atoms with Gasteiger partial charge in [-0.1, -0.05) is 0 Å². The summed E-state index contributed by atoms with van der Waals surface area (Å²) in [6.45, 7) is 6.18. The van der Waals surface area contributed by atoms with Crippen molar-refractivity contribution >= 4 is 17.2 Å². The second kappa shape index (κ2) is 7.01. The van der Waals surface area contributed by atoms with Crippen molar-refractivity contribution in [2.75, 3.05) is 13.1 Å². The van der Waals surface area contributed by atoms with E-state index in [0.717, 1.165) is 30.2 Å². The Morgan fingerprint density at radius 1 is 1.58 bits per heavy atom. The molecule has 1 saturated heterocycles. The van der Waals surface area contributed by atoms with Crippen molar-refractivity contribution in [3.05, 3.63) is 16.1 Å². The summed E-state index contributed by atoms with van der Waals surface area (Å²) in [5.74, 6) is 0.864. The van der Waals surface area contributed by atoms with Gasteiger partial charge in [0.25, 0.3) is 0 Å². The van der Waals surface area contributed by atoms with Crippen LogP contribution in [0.2, 0.25) is 0 Å². The van der Waals surface area contributed by atoms with Crippen LogP contribution in [0.25, 0.3) is 0 Å². The number of hydrogen-bond donors (Lipinski definition) is 2. The lowest BCUT2D eigenvalue weighted by atomic mass is 9.93. The molecule has 1 atom stereocenters. The lowest BCUT2D eigenvalue weighted by Crippen LogP contribution is -2.30. The van der Waals surface area contributed by atoms with Gasteiger partial charge >= 0.3 is 0 Å². The Labute approximate surface area is 119 Å². The summed E-state index contributed by atoms with van der Waals surface area (Å²) in [7, 11) is 0. The van der Waals surface area contributed by atoms with Gasteiger partial charge < -0.3 is 10.6 Å². The standard InChI is InChI=1S/C14H23N3OS/c1-10-9-19-14(16-10)11(2)17-13(18)4-3-12-5-7-15-8-6-12/h9,11-12,15H,3-8H2,1-2H3,(H,17,18). The number of rotatable bonds is 5. The number of aryl methyl sites for hydroxylation is 1. The molecule has 0 spiro atoms. The first-order valence-corrected chi connectivity index (χ1v) is 7.95. The molecule has 0 saturated carbocycles. The van der Waals surface area contributed by atoms with Gasteiger partial charge in [0, 0.05) is 17.5 Å². The normalized spacial score (nSPS) is 18.2. The van der Waals surface area contributed by atoms with Gasteiger partial charge in [-0.3, -0.25) is 4.79 Å². The van der Waals surface area contributed by atoms with E-state index in [-0.39, 0.29) is 11.9 Å². The SMILES string of the molecule is Cc1csc(C(C)NC(=O)CCC2CCNCC2)n1. The van der Waals surface area contributed by atoms with Crippen LogP contribution in [0.5, 0.6) is 0 Å². The van der Waals surface area contributed by atoms with Gasteiger partial charge in [0.1, 0.15) is 5.01 Å². The molecule has 5 heteroatoms. The average Bonchev–Trinajstić information content (AvgIpc) is 2.84. The molecule has 0 aliphatic carbocycles. The molecule has 1 aromatic rings. The van der Waals surface area contributed by atoms with Crippen molar-refractivity contribution in [3.63, 3.8) is 0 Å². The fourth-order valence-corrected chi connectivity index (χ4v) is 3.26. The third kappa shape index (κ3) is 4.58. The first-order valence-electron chi connectivity index (χ1n) is 7.07. The molecule has 2 N–H and O–H groups in total. The summed E-state index contributed by atoms with van der Waals surface area (Å²) in [4.78, 5) is 16.3. The van der Waals surface area contributed by atoms with Crippen molar-refractivity contribution in [2.45, 2.75) is 45.6 Å². The second-order valence-electron chi connectivity index (χ2n) is 5.35. The highest BCUT2D eigenvalue weighted by Crippen LogP contribution is 2.20. The number of hydrogen-bond acceptors (Lipinski definition) is 4. The van der Waals surface area contributed by atoms with Gasteiger partial charge in [0.2, 0.25) is 5.91 Å². The molecular formula is C14H23N3OS. The summed E-state index contributed by atoms with van der Waals surface area (Å²) < 4.78 is 0. The molecule has 1 unspecified atom stereocenters. The van der Waals surface area contributed by atoms with Crippen molar-refractivity contribution in [1.29, 1.82) is 0 Å². The maximum absolute atomic E-state index is 11.9. The molecule has 106 valence electrons. The van der Waals surface area contributed by atoms with Gasteiger partial charge in [0.15, 0.2) is 0 Å². The van der Waals surface area contributed by atoms with Crippen LogP contribution >= 0.6 is 11.3 Å². The van der Waals surface area contributed by atoms with Crippen LogP contribution in [-0.4, -0.2) is 24.0 Å². The highest BCUT2D eigenvalue weighted by atomic mass is 32.1. The minimum absolute atomic E-state index is 0.0271. The van der Waals surface area contributed by atoms with Gasteiger partial charge in [0.05, 0.1) is 6.04 Å². The predicted molar refractivity (Wildman–Crippen MR) is 78.2 cm³/mol. The summed E-state index contributed by atoms with van der Waals surface area (Å²) in [5, 5.41) is 9.41. The maximum Gasteiger partial charge on any atom is 0.220 e. The molecule has 1 aliphatic rings. The first-order chi connectivity index (χ1) is 9.15. The molecular weight excluding hydrogens is 258 g/mol. The Bertz CT molecular complexity index is 413. The molecule has 0 radical (unpaired) electrons. The van der Waals surface area contributed by atoms with E-state index >= 15 is 0 Å². The molecule has 1 fully saturated rings. The Kier molecular flexibility index (Phi) is 5.34. The molecule has 2 rings (SSSR count). The van der Waals surface area contributed by atoms with E-state index in [9.17, 15) is 4.79 Å². The van der Waals surface area contributed by atoms with E-state index in [0.29, 0.717) is 12.3 Å². The molecule has 1 aromatic heterocycles. The monoisotopic (exact) mass is 281 g/mol. The first kappa shape index (κ1) is 14.5. The molecule has 1 amide bonds. The summed E-state index contributed by atoms with van der Waals surface area (Å²) in [6.07, 6.45) is 4.06. The molecule has 0 aromatic carbocycles. The molecule has 4 nitrogen and oxygen atoms in total. The highest BCUT2D eigenvalue weighted by Gasteiger charge is 2.16. The fraction of sp³-hybridized carbons (Fsp3) is 0.714. The van der Waals surface area contributed by atoms with Crippen LogP contribution < -0.4 is 10.6 Å². The van der Waals surface area contributed by atoms with Crippen LogP contribution in [0.1, 0.15) is 49.4 Å². The van der Waals surface area contributed by atoms with Gasteiger partial charge in [-0.25, -0.2) is 4.98 Å². The lowest BCUT2D eigenvalue weighted by Gasteiger charge is -2.22. The minimum Gasteiger partial charge on any atom is -0.347 e. The van der Waals surface area contributed by atoms with E-state index in [1.807, 2.05) is 19.2 Å². The zero-order valence-corrected chi connectivity index (χ0v) is 12.6. The van der Waals surface area contributed by atoms with Crippen molar-refractivity contribution in [1.82, 2.24) is 15.6 Å². The van der Waals surface area contributed by atoms with Crippen molar-refractivity contribution in [3.8, 4) is 0 Å². The van der Waals surface area contributed by atoms with Crippen LogP contribution in [0, 0.1) is 12.8 Å². The van der Waals surface area contributed by atoms with Crippen LogP contribution in [0.3, 0.4) is 0 Å². The van der Waals surface area contributed by atoms with Crippen LogP contribution in [0.15, 0.2) is 5.38 Å². The zero-order chi connectivity index (χ0) is 13.7. The van der Waals surface area contributed by atoms with E-state index in [2.05, 4.69) is 15.6 Å². The Balaban J connectivity index is 1.71. The number of carbonyl (C=O) groups excluding carboxylic acids is 1. The smallest absolute Gasteiger partial charge is 0.220 e. The lowest BCUT2D eigenvalue weighted by molar-refractivity contribution is -0.122. The topological polar surface area (TPSA) is 54.0 Å². The molecule has 0 bridgehead atoms.